The SMILES string of the molecule is Nc1ccnc(-c2ccccc2CO)c1. The van der Waals surface area contributed by atoms with Crippen LogP contribution in [-0.4, -0.2) is 10.1 Å². The molecule has 2 aromatic rings. The van der Waals surface area contributed by atoms with Gasteiger partial charge in [0.05, 0.1) is 12.3 Å². The first-order chi connectivity index (χ1) is 7.31. The summed E-state index contributed by atoms with van der Waals surface area (Å²) in [5, 5.41) is 9.19. The summed E-state index contributed by atoms with van der Waals surface area (Å²) >= 11 is 0. The van der Waals surface area contributed by atoms with Gasteiger partial charge in [-0.05, 0) is 17.7 Å². The molecule has 2 rings (SSSR count). The highest BCUT2D eigenvalue weighted by Crippen LogP contribution is 2.22. The number of anilines is 1. The molecular formula is C12H12N2O. The van der Waals surface area contributed by atoms with Crippen molar-refractivity contribution in [2.24, 2.45) is 0 Å². The van der Waals surface area contributed by atoms with E-state index in [0.29, 0.717) is 5.69 Å². The summed E-state index contributed by atoms with van der Waals surface area (Å²) in [4.78, 5) is 4.23. The highest BCUT2D eigenvalue weighted by atomic mass is 16.3. The molecule has 15 heavy (non-hydrogen) atoms. The monoisotopic (exact) mass is 200 g/mol. The molecule has 3 N–H and O–H groups in total. The maximum Gasteiger partial charge on any atom is 0.0726 e. The molecule has 0 aliphatic heterocycles. The number of aliphatic hydroxyl groups is 1. The quantitative estimate of drug-likeness (QED) is 0.777. The van der Waals surface area contributed by atoms with Crippen LogP contribution in [0.15, 0.2) is 42.6 Å². The van der Waals surface area contributed by atoms with Crippen molar-refractivity contribution in [3.8, 4) is 11.3 Å². The number of hydrogen-bond donors (Lipinski definition) is 2. The van der Waals surface area contributed by atoms with Gasteiger partial charge in [-0.1, -0.05) is 24.3 Å². The van der Waals surface area contributed by atoms with Crippen LogP contribution in [0.25, 0.3) is 11.3 Å². The van der Waals surface area contributed by atoms with E-state index in [4.69, 9.17) is 5.73 Å². The molecule has 1 aromatic heterocycles. The standard InChI is InChI=1S/C12H12N2O/c13-10-5-6-14-12(7-10)11-4-2-1-3-9(11)8-15/h1-7,15H,8H2,(H2,13,14). The lowest BCUT2D eigenvalue weighted by molar-refractivity contribution is 0.282. The van der Waals surface area contributed by atoms with E-state index >= 15 is 0 Å². The average Bonchev–Trinajstić information content (AvgIpc) is 2.29. The zero-order valence-electron chi connectivity index (χ0n) is 8.22. The molecule has 3 heteroatoms. The Kier molecular flexibility index (Phi) is 2.65. The Hall–Kier alpha value is -1.87. The van der Waals surface area contributed by atoms with Gasteiger partial charge in [-0.25, -0.2) is 0 Å². The predicted molar refractivity (Wildman–Crippen MR) is 60.0 cm³/mol. The molecule has 0 aliphatic carbocycles. The van der Waals surface area contributed by atoms with Crippen LogP contribution in [-0.2, 0) is 6.61 Å². The third-order valence-corrected chi connectivity index (χ3v) is 2.25. The fourth-order valence-electron chi connectivity index (χ4n) is 1.50. The Morgan fingerprint density at radius 2 is 2.00 bits per heavy atom. The van der Waals surface area contributed by atoms with Gasteiger partial charge < -0.3 is 10.8 Å². The smallest absolute Gasteiger partial charge is 0.0726 e. The van der Waals surface area contributed by atoms with Gasteiger partial charge >= 0.3 is 0 Å². The Morgan fingerprint density at radius 3 is 2.73 bits per heavy atom. The van der Waals surface area contributed by atoms with E-state index in [1.54, 1.807) is 18.3 Å². The van der Waals surface area contributed by atoms with E-state index < -0.39 is 0 Å². The van der Waals surface area contributed by atoms with E-state index in [0.717, 1.165) is 16.8 Å². The van der Waals surface area contributed by atoms with Gasteiger partial charge in [0.1, 0.15) is 0 Å². The summed E-state index contributed by atoms with van der Waals surface area (Å²) in [7, 11) is 0. The topological polar surface area (TPSA) is 59.1 Å². The average molecular weight is 200 g/mol. The molecular weight excluding hydrogens is 188 g/mol. The first-order valence-electron chi connectivity index (χ1n) is 4.72. The van der Waals surface area contributed by atoms with E-state index in [2.05, 4.69) is 4.98 Å². The Morgan fingerprint density at radius 1 is 1.20 bits per heavy atom. The third kappa shape index (κ3) is 1.97. The van der Waals surface area contributed by atoms with Crippen molar-refractivity contribution in [3.05, 3.63) is 48.2 Å². The van der Waals surface area contributed by atoms with E-state index in [9.17, 15) is 5.11 Å². The summed E-state index contributed by atoms with van der Waals surface area (Å²) in [6.45, 7) is 0.00660. The number of pyridine rings is 1. The summed E-state index contributed by atoms with van der Waals surface area (Å²) in [6.07, 6.45) is 1.67. The predicted octanol–water partition coefficient (Wildman–Crippen LogP) is 1.82. The van der Waals surface area contributed by atoms with Gasteiger partial charge in [-0.2, -0.15) is 0 Å². The molecule has 76 valence electrons. The second-order valence-electron chi connectivity index (χ2n) is 3.29. The largest absolute Gasteiger partial charge is 0.399 e. The minimum absolute atomic E-state index is 0.00660. The van der Waals surface area contributed by atoms with Crippen LogP contribution in [0, 0.1) is 0 Å². The van der Waals surface area contributed by atoms with Gasteiger partial charge in [-0.15, -0.1) is 0 Å². The van der Waals surface area contributed by atoms with Gasteiger partial charge in [0.2, 0.25) is 0 Å². The number of aromatic nitrogens is 1. The van der Waals surface area contributed by atoms with Crippen LogP contribution >= 0.6 is 0 Å². The first-order valence-corrected chi connectivity index (χ1v) is 4.72. The molecule has 1 heterocycles. The second-order valence-corrected chi connectivity index (χ2v) is 3.29. The van der Waals surface area contributed by atoms with Gasteiger partial charge in [0.15, 0.2) is 0 Å². The molecule has 0 atom stereocenters. The Labute approximate surface area is 88.2 Å². The summed E-state index contributed by atoms with van der Waals surface area (Å²) in [5.74, 6) is 0. The Bertz CT molecular complexity index is 469. The van der Waals surface area contributed by atoms with Crippen LogP contribution in [0.1, 0.15) is 5.56 Å². The number of benzene rings is 1. The normalized spacial score (nSPS) is 10.2. The minimum atomic E-state index is 0.00660. The van der Waals surface area contributed by atoms with Crippen molar-refractivity contribution in [2.75, 3.05) is 5.73 Å². The fraction of sp³-hybridized carbons (Fsp3) is 0.0833. The van der Waals surface area contributed by atoms with E-state index in [1.165, 1.54) is 0 Å². The lowest BCUT2D eigenvalue weighted by atomic mass is 10.0. The molecule has 0 unspecified atom stereocenters. The van der Waals surface area contributed by atoms with Gasteiger partial charge in [0.25, 0.3) is 0 Å². The molecule has 0 amide bonds. The summed E-state index contributed by atoms with van der Waals surface area (Å²) < 4.78 is 0. The first kappa shape index (κ1) is 9.68. The summed E-state index contributed by atoms with van der Waals surface area (Å²) in [5.41, 5.74) is 8.93. The zero-order chi connectivity index (χ0) is 10.7. The van der Waals surface area contributed by atoms with E-state index in [-0.39, 0.29) is 6.61 Å². The van der Waals surface area contributed by atoms with Crippen LogP contribution in [0.5, 0.6) is 0 Å². The molecule has 0 saturated carbocycles. The van der Waals surface area contributed by atoms with Crippen molar-refractivity contribution < 1.29 is 5.11 Å². The number of hydrogen-bond acceptors (Lipinski definition) is 3. The molecule has 0 saturated heterocycles. The van der Waals surface area contributed by atoms with Crippen LogP contribution < -0.4 is 5.73 Å². The number of rotatable bonds is 2. The van der Waals surface area contributed by atoms with Crippen LogP contribution in [0.3, 0.4) is 0 Å². The number of aliphatic hydroxyl groups excluding tert-OH is 1. The summed E-state index contributed by atoms with van der Waals surface area (Å²) in [6, 6.07) is 11.1. The maximum atomic E-state index is 9.19. The lowest BCUT2D eigenvalue weighted by Crippen LogP contribution is -1.92. The van der Waals surface area contributed by atoms with Crippen molar-refractivity contribution in [1.29, 1.82) is 0 Å². The van der Waals surface area contributed by atoms with Crippen molar-refractivity contribution in [1.82, 2.24) is 4.98 Å². The Balaban J connectivity index is 2.53. The molecule has 0 radical (unpaired) electrons. The molecule has 3 nitrogen and oxygen atoms in total. The minimum Gasteiger partial charge on any atom is -0.399 e. The maximum absolute atomic E-state index is 9.19. The highest BCUT2D eigenvalue weighted by Gasteiger charge is 2.04. The molecule has 1 aromatic carbocycles. The highest BCUT2D eigenvalue weighted by molar-refractivity contribution is 5.66. The van der Waals surface area contributed by atoms with Crippen LogP contribution in [0.2, 0.25) is 0 Å². The van der Waals surface area contributed by atoms with Crippen molar-refractivity contribution >= 4 is 5.69 Å². The van der Waals surface area contributed by atoms with Crippen molar-refractivity contribution in [3.63, 3.8) is 0 Å². The van der Waals surface area contributed by atoms with E-state index in [1.807, 2.05) is 24.3 Å². The van der Waals surface area contributed by atoms with Gasteiger partial charge in [-0.3, -0.25) is 4.98 Å². The molecule has 0 fully saturated rings. The molecule has 0 aliphatic rings. The zero-order valence-corrected chi connectivity index (χ0v) is 8.22. The second kappa shape index (κ2) is 4.11. The third-order valence-electron chi connectivity index (χ3n) is 2.25. The van der Waals surface area contributed by atoms with Gasteiger partial charge in [0, 0.05) is 17.4 Å². The number of nitrogens with two attached hydrogens (primary N) is 1. The fourth-order valence-corrected chi connectivity index (χ4v) is 1.50. The van der Waals surface area contributed by atoms with Crippen molar-refractivity contribution in [2.45, 2.75) is 6.61 Å². The van der Waals surface area contributed by atoms with Crippen LogP contribution in [0.4, 0.5) is 5.69 Å². The number of nitrogen functional groups attached to an aromatic ring is 1. The lowest BCUT2D eigenvalue weighted by Gasteiger charge is -2.06. The number of nitrogens with zero attached hydrogens (tertiary/aromatic N) is 1. The molecule has 0 spiro atoms. The molecule has 0 bridgehead atoms.